The number of para-hydroxylation sites is 1. The smallest absolute Gasteiger partial charge is 0.252 e. The Morgan fingerprint density at radius 3 is 2.45 bits per heavy atom. The second-order valence-corrected chi connectivity index (χ2v) is 7.52. The maximum atomic E-state index is 13.0. The molecule has 0 saturated carbocycles. The summed E-state index contributed by atoms with van der Waals surface area (Å²) in [5, 5.41) is 5.03. The van der Waals surface area contributed by atoms with Crippen LogP contribution in [-0.4, -0.2) is 17.4 Å². The molecule has 3 nitrogen and oxygen atoms in total. The Labute approximate surface area is 179 Å². The number of halogens is 2. The van der Waals surface area contributed by atoms with Crippen LogP contribution in [0.3, 0.4) is 0 Å². The molecule has 5 heteroatoms. The van der Waals surface area contributed by atoms with E-state index in [-0.39, 0.29) is 5.91 Å². The fourth-order valence-electron chi connectivity index (χ4n) is 3.25. The van der Waals surface area contributed by atoms with Crippen molar-refractivity contribution >= 4 is 40.0 Å². The first-order chi connectivity index (χ1) is 14.1. The summed E-state index contributed by atoms with van der Waals surface area (Å²) < 4.78 is 0. The van der Waals surface area contributed by atoms with Crippen LogP contribution in [0.15, 0.2) is 78.9 Å². The van der Waals surface area contributed by atoms with Gasteiger partial charge in [0.05, 0.1) is 16.8 Å². The van der Waals surface area contributed by atoms with Crippen molar-refractivity contribution in [1.82, 2.24) is 10.3 Å². The number of fused-ring (bicyclic) bond motifs is 1. The molecule has 0 saturated heterocycles. The minimum Gasteiger partial charge on any atom is -0.352 e. The number of benzene rings is 3. The summed E-state index contributed by atoms with van der Waals surface area (Å²) in [7, 11) is 0. The molecule has 1 heterocycles. The van der Waals surface area contributed by atoms with Crippen molar-refractivity contribution in [3.8, 4) is 11.3 Å². The van der Waals surface area contributed by atoms with Crippen LogP contribution in [0.4, 0.5) is 0 Å². The van der Waals surface area contributed by atoms with Gasteiger partial charge in [0, 0.05) is 27.5 Å². The Balaban J connectivity index is 1.59. The van der Waals surface area contributed by atoms with Gasteiger partial charge in [0.15, 0.2) is 0 Å². The van der Waals surface area contributed by atoms with Crippen molar-refractivity contribution < 1.29 is 4.79 Å². The Bertz CT molecular complexity index is 1180. The number of nitrogens with zero attached hydrogens (tertiary/aromatic N) is 1. The van der Waals surface area contributed by atoms with E-state index < -0.39 is 0 Å². The van der Waals surface area contributed by atoms with E-state index >= 15 is 0 Å². The fourth-order valence-corrected chi connectivity index (χ4v) is 3.75. The highest BCUT2D eigenvalue weighted by Crippen LogP contribution is 2.25. The van der Waals surface area contributed by atoms with Gasteiger partial charge in [-0.2, -0.15) is 0 Å². The maximum Gasteiger partial charge on any atom is 0.252 e. The number of carbonyl (C=O) groups excluding carboxylic acids is 1. The first kappa shape index (κ1) is 19.4. The predicted molar refractivity (Wildman–Crippen MR) is 120 cm³/mol. The number of rotatable bonds is 5. The third-order valence-corrected chi connectivity index (χ3v) is 5.31. The molecule has 144 valence electrons. The van der Waals surface area contributed by atoms with Gasteiger partial charge in [-0.05, 0) is 36.2 Å². The summed E-state index contributed by atoms with van der Waals surface area (Å²) >= 11 is 12.2. The summed E-state index contributed by atoms with van der Waals surface area (Å²) in [5.74, 6) is -0.133. The van der Waals surface area contributed by atoms with E-state index in [0.717, 1.165) is 27.7 Å². The van der Waals surface area contributed by atoms with E-state index in [1.165, 1.54) is 0 Å². The molecule has 0 fully saturated rings. The SMILES string of the molecule is O=C(NCCc1ccc(Cl)cc1Cl)c1cc(-c2ccccc2)nc2ccccc12. The van der Waals surface area contributed by atoms with Crippen molar-refractivity contribution in [3.05, 3.63) is 100 Å². The maximum absolute atomic E-state index is 13.0. The topological polar surface area (TPSA) is 42.0 Å². The third-order valence-electron chi connectivity index (χ3n) is 4.73. The Morgan fingerprint density at radius 1 is 0.897 bits per heavy atom. The van der Waals surface area contributed by atoms with Gasteiger partial charge in [0.1, 0.15) is 0 Å². The zero-order chi connectivity index (χ0) is 20.2. The third kappa shape index (κ3) is 4.42. The standard InChI is InChI=1S/C24H18Cl2N2O/c25-18-11-10-16(21(26)14-18)12-13-27-24(29)20-15-23(17-6-2-1-3-7-17)28-22-9-5-4-8-19(20)22/h1-11,14-15H,12-13H2,(H,27,29). The number of hydrogen-bond donors (Lipinski definition) is 1. The van der Waals surface area contributed by atoms with E-state index in [4.69, 9.17) is 28.2 Å². The van der Waals surface area contributed by atoms with Crippen molar-refractivity contribution in [2.24, 2.45) is 0 Å². The Morgan fingerprint density at radius 2 is 1.66 bits per heavy atom. The molecule has 3 aromatic carbocycles. The molecular formula is C24H18Cl2N2O. The lowest BCUT2D eigenvalue weighted by Crippen LogP contribution is -2.26. The number of carbonyl (C=O) groups is 1. The molecule has 0 aliphatic heterocycles. The molecule has 29 heavy (non-hydrogen) atoms. The second-order valence-electron chi connectivity index (χ2n) is 6.68. The Hall–Kier alpha value is -2.88. The van der Waals surface area contributed by atoms with Crippen molar-refractivity contribution in [3.63, 3.8) is 0 Å². The lowest BCUT2D eigenvalue weighted by atomic mass is 10.0. The normalized spacial score (nSPS) is 10.8. The minimum atomic E-state index is -0.133. The molecule has 1 N–H and O–H groups in total. The van der Waals surface area contributed by atoms with Crippen LogP contribution in [0.25, 0.3) is 22.2 Å². The van der Waals surface area contributed by atoms with Crippen LogP contribution < -0.4 is 5.32 Å². The lowest BCUT2D eigenvalue weighted by Gasteiger charge is -2.11. The van der Waals surface area contributed by atoms with Crippen LogP contribution in [0.2, 0.25) is 10.0 Å². The van der Waals surface area contributed by atoms with Gasteiger partial charge >= 0.3 is 0 Å². The summed E-state index contributed by atoms with van der Waals surface area (Å²) in [4.78, 5) is 17.7. The Kier molecular flexibility index (Phi) is 5.79. The highest BCUT2D eigenvalue weighted by Gasteiger charge is 2.14. The van der Waals surface area contributed by atoms with E-state index in [2.05, 4.69) is 5.32 Å². The molecular weight excluding hydrogens is 403 g/mol. The molecule has 4 rings (SSSR count). The number of hydrogen-bond acceptors (Lipinski definition) is 2. The number of pyridine rings is 1. The number of amides is 1. The van der Waals surface area contributed by atoms with Gasteiger partial charge in [-0.15, -0.1) is 0 Å². The summed E-state index contributed by atoms with van der Waals surface area (Å²) in [6, 6.07) is 24.8. The van der Waals surface area contributed by atoms with Crippen LogP contribution in [0.1, 0.15) is 15.9 Å². The quantitative estimate of drug-likeness (QED) is 0.418. The molecule has 0 radical (unpaired) electrons. The molecule has 0 atom stereocenters. The number of aromatic nitrogens is 1. The summed E-state index contributed by atoms with van der Waals surface area (Å²) in [6.07, 6.45) is 0.621. The van der Waals surface area contributed by atoms with Gasteiger partial charge in [-0.1, -0.05) is 77.8 Å². The molecule has 4 aromatic rings. The summed E-state index contributed by atoms with van der Waals surface area (Å²) in [6.45, 7) is 0.470. The zero-order valence-corrected chi connectivity index (χ0v) is 17.0. The molecule has 0 aliphatic carbocycles. The van der Waals surface area contributed by atoms with E-state index in [1.807, 2.05) is 66.7 Å². The van der Waals surface area contributed by atoms with Crippen molar-refractivity contribution in [2.75, 3.05) is 6.54 Å². The number of nitrogens with one attached hydrogen (secondary N) is 1. The van der Waals surface area contributed by atoms with Crippen molar-refractivity contribution in [2.45, 2.75) is 6.42 Å². The largest absolute Gasteiger partial charge is 0.352 e. The van der Waals surface area contributed by atoms with Crippen LogP contribution >= 0.6 is 23.2 Å². The average Bonchev–Trinajstić information content (AvgIpc) is 2.75. The lowest BCUT2D eigenvalue weighted by molar-refractivity contribution is 0.0956. The van der Waals surface area contributed by atoms with E-state index in [0.29, 0.717) is 28.6 Å². The van der Waals surface area contributed by atoms with Gasteiger partial charge in [0.25, 0.3) is 5.91 Å². The van der Waals surface area contributed by atoms with Crippen LogP contribution in [-0.2, 0) is 6.42 Å². The molecule has 0 spiro atoms. The molecule has 0 unspecified atom stereocenters. The van der Waals surface area contributed by atoms with Gasteiger partial charge in [-0.25, -0.2) is 4.98 Å². The molecule has 0 bridgehead atoms. The molecule has 0 aliphatic rings. The first-order valence-corrected chi connectivity index (χ1v) is 10.0. The zero-order valence-electron chi connectivity index (χ0n) is 15.5. The van der Waals surface area contributed by atoms with Crippen LogP contribution in [0, 0.1) is 0 Å². The fraction of sp³-hybridized carbons (Fsp3) is 0.0833. The monoisotopic (exact) mass is 420 g/mol. The highest BCUT2D eigenvalue weighted by molar-refractivity contribution is 6.35. The van der Waals surface area contributed by atoms with Crippen LogP contribution in [0.5, 0.6) is 0 Å². The predicted octanol–water partition coefficient (Wildman–Crippen LogP) is 6.18. The highest BCUT2D eigenvalue weighted by atomic mass is 35.5. The molecule has 1 amide bonds. The van der Waals surface area contributed by atoms with Crippen molar-refractivity contribution in [1.29, 1.82) is 0 Å². The first-order valence-electron chi connectivity index (χ1n) is 9.29. The van der Waals surface area contributed by atoms with E-state index in [1.54, 1.807) is 12.1 Å². The van der Waals surface area contributed by atoms with Gasteiger partial charge in [0.2, 0.25) is 0 Å². The van der Waals surface area contributed by atoms with Gasteiger partial charge < -0.3 is 5.32 Å². The van der Waals surface area contributed by atoms with E-state index in [9.17, 15) is 4.79 Å². The molecule has 1 aromatic heterocycles. The summed E-state index contributed by atoms with van der Waals surface area (Å²) in [5.41, 5.74) is 4.09. The minimum absolute atomic E-state index is 0.133. The second kappa shape index (κ2) is 8.64. The average molecular weight is 421 g/mol. The van der Waals surface area contributed by atoms with Gasteiger partial charge in [-0.3, -0.25) is 4.79 Å².